The van der Waals surface area contributed by atoms with Gasteiger partial charge in [-0.05, 0) is 26.3 Å². The highest BCUT2D eigenvalue weighted by Gasteiger charge is 2.25. The monoisotopic (exact) mass is 313 g/mol. The van der Waals surface area contributed by atoms with Crippen molar-refractivity contribution in [1.82, 2.24) is 4.57 Å². The molecule has 0 amide bonds. The van der Waals surface area contributed by atoms with Crippen LogP contribution in [0.4, 0.5) is 0 Å². The summed E-state index contributed by atoms with van der Waals surface area (Å²) in [4.78, 5) is 13.4. The lowest BCUT2D eigenvalue weighted by atomic mass is 10.1. The lowest BCUT2D eigenvalue weighted by molar-refractivity contribution is -0.115. The first-order valence-electron chi connectivity index (χ1n) is 8.14. The van der Waals surface area contributed by atoms with Crippen LogP contribution in [0.2, 0.25) is 0 Å². The molecule has 3 heteroatoms. The van der Waals surface area contributed by atoms with Crippen LogP contribution >= 0.6 is 11.8 Å². The summed E-state index contributed by atoms with van der Waals surface area (Å²) in [5.41, 5.74) is 6.25. The maximum Gasteiger partial charge on any atom is 0.164 e. The van der Waals surface area contributed by atoms with E-state index in [1.807, 2.05) is 11.8 Å². The Balaban J connectivity index is 2.18. The lowest BCUT2D eigenvalue weighted by Crippen LogP contribution is -2.11. The molecule has 2 aliphatic rings. The summed E-state index contributed by atoms with van der Waals surface area (Å²) >= 11 is 1.82. The highest BCUT2D eigenvalue weighted by atomic mass is 32.2. The van der Waals surface area contributed by atoms with Gasteiger partial charge in [0, 0.05) is 58.1 Å². The Bertz CT molecular complexity index is 704. The molecule has 1 aliphatic carbocycles. The van der Waals surface area contributed by atoms with Crippen molar-refractivity contribution in [2.45, 2.75) is 46.6 Å². The molecule has 0 atom stereocenters. The minimum Gasteiger partial charge on any atom is -0.348 e. The average molecular weight is 313 g/mol. The van der Waals surface area contributed by atoms with Gasteiger partial charge in [0.2, 0.25) is 0 Å². The molecular formula is C19H23NOS. The van der Waals surface area contributed by atoms with Crippen LogP contribution in [-0.4, -0.2) is 16.1 Å². The van der Waals surface area contributed by atoms with Gasteiger partial charge in [-0.15, -0.1) is 11.8 Å². The first-order valence-corrected chi connectivity index (χ1v) is 9.12. The molecule has 22 heavy (non-hydrogen) atoms. The molecule has 1 fully saturated rings. The summed E-state index contributed by atoms with van der Waals surface area (Å²) < 4.78 is 2.39. The number of hydrogen-bond acceptors (Lipinski definition) is 2. The van der Waals surface area contributed by atoms with Crippen molar-refractivity contribution < 1.29 is 4.79 Å². The van der Waals surface area contributed by atoms with Crippen molar-refractivity contribution in [3.63, 3.8) is 0 Å². The Morgan fingerprint density at radius 2 is 2.18 bits per heavy atom. The third-order valence-corrected chi connectivity index (χ3v) is 5.54. The van der Waals surface area contributed by atoms with Crippen LogP contribution in [0, 0.1) is 6.92 Å². The third-order valence-electron chi connectivity index (χ3n) is 4.49. The first kappa shape index (κ1) is 15.4. The van der Waals surface area contributed by atoms with Crippen molar-refractivity contribution >= 4 is 29.7 Å². The molecule has 0 unspecified atom stereocenters. The van der Waals surface area contributed by atoms with Gasteiger partial charge in [-0.1, -0.05) is 25.2 Å². The number of carbonyl (C=O) groups excluding carboxylic acids is 1. The fourth-order valence-corrected chi connectivity index (χ4v) is 4.43. The molecule has 1 aromatic rings. The Hall–Kier alpha value is -1.48. The molecule has 0 bridgehead atoms. The molecule has 0 saturated carbocycles. The molecule has 3 rings (SSSR count). The molecule has 1 aliphatic heterocycles. The SMILES string of the molecule is CC/C=C\c1c2c(n(CC)c1C)CC=C1C(=O)CCSC1=C2. The summed E-state index contributed by atoms with van der Waals surface area (Å²) in [5, 5.41) is 0. The highest BCUT2D eigenvalue weighted by molar-refractivity contribution is 8.03. The van der Waals surface area contributed by atoms with Crippen LogP contribution < -0.4 is 0 Å². The number of rotatable bonds is 3. The van der Waals surface area contributed by atoms with E-state index in [0.29, 0.717) is 12.2 Å². The van der Waals surface area contributed by atoms with Crippen LogP contribution in [-0.2, 0) is 17.8 Å². The highest BCUT2D eigenvalue weighted by Crippen LogP contribution is 2.39. The van der Waals surface area contributed by atoms with Crippen LogP contribution in [0.25, 0.3) is 12.2 Å². The van der Waals surface area contributed by atoms with E-state index in [1.54, 1.807) is 0 Å². The van der Waals surface area contributed by atoms with E-state index in [0.717, 1.165) is 35.6 Å². The summed E-state index contributed by atoms with van der Waals surface area (Å²) in [5.74, 6) is 1.21. The Kier molecular flexibility index (Phi) is 4.44. The summed E-state index contributed by atoms with van der Waals surface area (Å²) in [7, 11) is 0. The van der Waals surface area contributed by atoms with Crippen LogP contribution in [0.1, 0.15) is 49.2 Å². The van der Waals surface area contributed by atoms with Crippen molar-refractivity contribution in [2.75, 3.05) is 5.75 Å². The summed E-state index contributed by atoms with van der Waals surface area (Å²) in [6, 6.07) is 0. The number of allylic oxidation sites excluding steroid dienone is 3. The minimum absolute atomic E-state index is 0.306. The largest absolute Gasteiger partial charge is 0.348 e. The molecule has 0 N–H and O–H groups in total. The number of carbonyl (C=O) groups is 1. The van der Waals surface area contributed by atoms with E-state index in [2.05, 4.69) is 49.6 Å². The first-order chi connectivity index (χ1) is 10.7. The van der Waals surface area contributed by atoms with Gasteiger partial charge < -0.3 is 4.57 Å². The molecule has 2 heterocycles. The number of Topliss-reactive ketones (excluding diaryl/α,β-unsaturated/α-hetero) is 1. The van der Waals surface area contributed by atoms with Gasteiger partial charge in [0.25, 0.3) is 0 Å². The zero-order valence-electron chi connectivity index (χ0n) is 13.6. The van der Waals surface area contributed by atoms with E-state index in [9.17, 15) is 4.79 Å². The Morgan fingerprint density at radius 3 is 2.91 bits per heavy atom. The van der Waals surface area contributed by atoms with Gasteiger partial charge in [0.1, 0.15) is 0 Å². The van der Waals surface area contributed by atoms with E-state index >= 15 is 0 Å². The van der Waals surface area contributed by atoms with Gasteiger partial charge in [-0.2, -0.15) is 0 Å². The molecule has 0 radical (unpaired) electrons. The molecular weight excluding hydrogens is 290 g/mol. The number of thioether (sulfide) groups is 1. The average Bonchev–Trinajstić information content (AvgIpc) is 2.65. The second-order valence-electron chi connectivity index (χ2n) is 5.77. The fraction of sp³-hybridized carbons (Fsp3) is 0.421. The van der Waals surface area contributed by atoms with E-state index in [-0.39, 0.29) is 0 Å². The number of fused-ring (bicyclic) bond motifs is 2. The molecule has 116 valence electrons. The lowest BCUT2D eigenvalue weighted by Gasteiger charge is -2.15. The van der Waals surface area contributed by atoms with Crippen molar-refractivity contribution in [2.24, 2.45) is 0 Å². The standard InChI is InChI=1S/C19H23NOS/c1-4-6-7-14-13(3)20(5-2)17-9-8-15-18(21)10-11-22-19(15)12-16(14)17/h6-8,12H,4-5,9-11H2,1-3H3/b7-6-. The Labute approximate surface area is 137 Å². The maximum atomic E-state index is 12.2. The quantitative estimate of drug-likeness (QED) is 0.802. The Morgan fingerprint density at radius 1 is 1.36 bits per heavy atom. The predicted molar refractivity (Wildman–Crippen MR) is 96.0 cm³/mol. The zero-order chi connectivity index (χ0) is 15.7. The summed E-state index contributed by atoms with van der Waals surface area (Å²) in [6.07, 6.45) is 11.4. The molecule has 0 aromatic carbocycles. The topological polar surface area (TPSA) is 22.0 Å². The van der Waals surface area contributed by atoms with E-state index in [4.69, 9.17) is 0 Å². The molecule has 1 aromatic heterocycles. The normalized spacial score (nSPS) is 17.9. The zero-order valence-corrected chi connectivity index (χ0v) is 14.4. The predicted octanol–water partition coefficient (Wildman–Crippen LogP) is 4.77. The number of hydrogen-bond donors (Lipinski definition) is 0. The van der Waals surface area contributed by atoms with Crippen molar-refractivity contribution in [3.05, 3.63) is 45.1 Å². The van der Waals surface area contributed by atoms with E-state index in [1.165, 1.54) is 22.5 Å². The van der Waals surface area contributed by atoms with Crippen LogP contribution in [0.15, 0.2) is 22.6 Å². The number of nitrogens with zero attached hydrogens (tertiary/aromatic N) is 1. The summed E-state index contributed by atoms with van der Waals surface area (Å²) in [6.45, 7) is 7.53. The maximum absolute atomic E-state index is 12.2. The number of aromatic nitrogens is 1. The van der Waals surface area contributed by atoms with Gasteiger partial charge >= 0.3 is 0 Å². The van der Waals surface area contributed by atoms with Crippen LogP contribution in [0.3, 0.4) is 0 Å². The molecule has 1 saturated heterocycles. The molecule has 2 nitrogen and oxygen atoms in total. The molecule has 0 spiro atoms. The second-order valence-corrected chi connectivity index (χ2v) is 6.90. The van der Waals surface area contributed by atoms with Crippen molar-refractivity contribution in [1.29, 1.82) is 0 Å². The van der Waals surface area contributed by atoms with Crippen molar-refractivity contribution in [3.8, 4) is 0 Å². The van der Waals surface area contributed by atoms with Gasteiger partial charge in [-0.3, -0.25) is 4.79 Å². The second kappa shape index (κ2) is 6.33. The van der Waals surface area contributed by atoms with Gasteiger partial charge in [-0.25, -0.2) is 0 Å². The van der Waals surface area contributed by atoms with Gasteiger partial charge in [0.05, 0.1) is 0 Å². The van der Waals surface area contributed by atoms with Gasteiger partial charge in [0.15, 0.2) is 5.78 Å². The minimum atomic E-state index is 0.306. The third kappa shape index (κ3) is 2.52. The number of ketones is 1. The smallest absolute Gasteiger partial charge is 0.164 e. The fourth-order valence-electron chi connectivity index (χ4n) is 3.37. The van der Waals surface area contributed by atoms with Crippen LogP contribution in [0.5, 0.6) is 0 Å². The van der Waals surface area contributed by atoms with E-state index < -0.39 is 0 Å².